The number of nitrogens with zero attached hydrogens (tertiary/aromatic N) is 2. The molecule has 1 N–H and O–H groups in total. The van der Waals surface area contributed by atoms with Gasteiger partial charge in [-0.25, -0.2) is 0 Å². The minimum atomic E-state index is -4.76. The van der Waals surface area contributed by atoms with E-state index in [1.54, 1.807) is 6.07 Å². The molecule has 0 heterocycles. The summed E-state index contributed by atoms with van der Waals surface area (Å²) < 4.78 is 55.0. The average molecular weight is 414 g/mol. The first kappa shape index (κ1) is 23.0. The third kappa shape index (κ3) is 5.23. The Balaban J connectivity index is 0.00000364. The van der Waals surface area contributed by atoms with Crippen molar-refractivity contribution in [1.29, 1.82) is 5.26 Å². The summed E-state index contributed by atoms with van der Waals surface area (Å²) >= 11 is 5.81. The number of nitriles is 1. The number of hydrogen-bond donors (Lipinski definition) is 1. The number of nitro groups is 1. The third-order valence-corrected chi connectivity index (χ3v) is 3.46. The number of benzene rings is 2. The SMILES string of the molecule is N#Cc1ccc(Nc2ccccc2OC(F)(F)C(F)F)c([N+](=O)[O-])c1Cl.[NaH]. The summed E-state index contributed by atoms with van der Waals surface area (Å²) in [5.74, 6) is -0.660. The molecule has 0 aliphatic heterocycles. The van der Waals surface area contributed by atoms with Crippen LogP contribution in [0.3, 0.4) is 0 Å². The van der Waals surface area contributed by atoms with Crippen LogP contribution in [0.5, 0.6) is 5.75 Å². The number of ether oxygens (including phenoxy) is 1. The molecule has 0 fully saturated rings. The zero-order chi connectivity index (χ0) is 19.5. The van der Waals surface area contributed by atoms with Crippen molar-refractivity contribution < 1.29 is 27.2 Å². The molecule has 2 aromatic rings. The maximum absolute atomic E-state index is 13.2. The molecule has 0 saturated carbocycles. The van der Waals surface area contributed by atoms with Crippen molar-refractivity contribution in [3.63, 3.8) is 0 Å². The number of nitro benzene ring substituents is 1. The van der Waals surface area contributed by atoms with Gasteiger partial charge in [0.2, 0.25) is 0 Å². The Labute approximate surface area is 177 Å². The number of halogens is 5. The van der Waals surface area contributed by atoms with Gasteiger partial charge in [-0.1, -0.05) is 23.7 Å². The Kier molecular flexibility index (Phi) is 7.86. The number of rotatable bonds is 6. The summed E-state index contributed by atoms with van der Waals surface area (Å²) in [6, 6.07) is 8.76. The Morgan fingerprint density at radius 2 is 1.85 bits per heavy atom. The van der Waals surface area contributed by atoms with Crippen LogP contribution >= 0.6 is 11.6 Å². The molecule has 0 aromatic heterocycles. The van der Waals surface area contributed by atoms with Crippen LogP contribution in [0.15, 0.2) is 36.4 Å². The van der Waals surface area contributed by atoms with Gasteiger partial charge in [0.25, 0.3) is 0 Å². The molecule has 0 aliphatic rings. The van der Waals surface area contributed by atoms with E-state index in [2.05, 4.69) is 10.1 Å². The van der Waals surface area contributed by atoms with Gasteiger partial charge >= 0.3 is 47.8 Å². The molecule has 6 nitrogen and oxygen atoms in total. The third-order valence-electron chi connectivity index (χ3n) is 3.08. The second-order valence-corrected chi connectivity index (χ2v) is 5.16. The molecule has 2 rings (SSSR count). The van der Waals surface area contributed by atoms with Crippen LogP contribution in [0.2, 0.25) is 5.02 Å². The van der Waals surface area contributed by atoms with Crippen molar-refractivity contribution in [1.82, 2.24) is 0 Å². The zero-order valence-corrected chi connectivity index (χ0v) is 13.3. The molecule has 0 aliphatic carbocycles. The minimum absolute atomic E-state index is 0. The topological polar surface area (TPSA) is 88.2 Å². The van der Waals surface area contributed by atoms with E-state index >= 15 is 0 Å². The van der Waals surface area contributed by atoms with E-state index in [1.165, 1.54) is 24.3 Å². The van der Waals surface area contributed by atoms with Crippen LogP contribution in [0.4, 0.5) is 34.6 Å². The molecular weight excluding hydrogens is 405 g/mol. The van der Waals surface area contributed by atoms with Crippen LogP contribution in [0, 0.1) is 21.4 Å². The molecule has 2 aromatic carbocycles. The van der Waals surface area contributed by atoms with E-state index in [4.69, 9.17) is 16.9 Å². The summed E-state index contributed by atoms with van der Waals surface area (Å²) in [6.07, 6.45) is -8.83. The van der Waals surface area contributed by atoms with Crippen LogP contribution in [0.1, 0.15) is 5.56 Å². The summed E-state index contributed by atoms with van der Waals surface area (Å²) in [6.45, 7) is 0. The average Bonchev–Trinajstić information content (AvgIpc) is 2.56. The van der Waals surface area contributed by atoms with Crippen LogP contribution in [-0.4, -0.2) is 47.0 Å². The molecule has 0 spiro atoms. The van der Waals surface area contributed by atoms with Gasteiger partial charge in [-0.15, -0.1) is 0 Å². The van der Waals surface area contributed by atoms with Gasteiger partial charge in [0.15, 0.2) is 0 Å². The Bertz CT molecular complexity index is 893. The van der Waals surface area contributed by atoms with Gasteiger partial charge in [-0.3, -0.25) is 10.1 Å². The van der Waals surface area contributed by atoms with E-state index in [-0.39, 0.29) is 46.5 Å². The fourth-order valence-electron chi connectivity index (χ4n) is 1.93. The molecule has 0 unspecified atom stereocenters. The van der Waals surface area contributed by atoms with Crippen LogP contribution in [-0.2, 0) is 0 Å². The van der Waals surface area contributed by atoms with Gasteiger partial charge in [0.05, 0.1) is 16.2 Å². The van der Waals surface area contributed by atoms with E-state index in [0.29, 0.717) is 0 Å². The predicted octanol–water partition coefficient (Wildman–Crippen LogP) is 4.45. The van der Waals surface area contributed by atoms with Gasteiger partial charge in [-0.05, 0) is 24.3 Å². The van der Waals surface area contributed by atoms with Gasteiger partial charge in [-0.2, -0.15) is 22.8 Å². The summed E-state index contributed by atoms with van der Waals surface area (Å²) in [5.41, 5.74) is -1.33. The number of nitrogens with one attached hydrogen (secondary N) is 1. The van der Waals surface area contributed by atoms with Gasteiger partial charge < -0.3 is 10.1 Å². The first-order valence-corrected chi connectivity index (χ1v) is 7.13. The molecule has 0 atom stereocenters. The van der Waals surface area contributed by atoms with Crippen molar-refractivity contribution in [2.75, 3.05) is 5.32 Å². The fourth-order valence-corrected chi connectivity index (χ4v) is 2.20. The van der Waals surface area contributed by atoms with Crippen LogP contribution in [0.25, 0.3) is 0 Å². The Morgan fingerprint density at radius 3 is 2.41 bits per heavy atom. The predicted molar refractivity (Wildman–Crippen MR) is 91.3 cm³/mol. The zero-order valence-electron chi connectivity index (χ0n) is 12.6. The molecule has 0 bridgehead atoms. The van der Waals surface area contributed by atoms with Gasteiger partial charge in [0.1, 0.15) is 22.5 Å². The molecule has 0 amide bonds. The first-order valence-electron chi connectivity index (χ1n) is 6.75. The quantitative estimate of drug-likeness (QED) is 0.327. The summed E-state index contributed by atoms with van der Waals surface area (Å²) in [7, 11) is 0. The van der Waals surface area contributed by atoms with Crippen molar-refractivity contribution in [3.8, 4) is 11.8 Å². The summed E-state index contributed by atoms with van der Waals surface area (Å²) in [5, 5.41) is 22.1. The second kappa shape index (κ2) is 9.23. The number of anilines is 2. The second-order valence-electron chi connectivity index (χ2n) is 4.78. The van der Waals surface area contributed by atoms with Crippen molar-refractivity contribution in [2.45, 2.75) is 12.5 Å². The Morgan fingerprint density at radius 1 is 1.22 bits per heavy atom. The molecule has 12 heteroatoms. The number of hydrogen-bond acceptors (Lipinski definition) is 5. The standard InChI is InChI=1S/C15H8ClF4N3O3.Na.H/c16-12-8(7-21)5-6-10(13(12)23(24)25)22-9-3-1-2-4-11(9)26-15(19,20)14(17)18;;/h1-6,14,22H;;. The van der Waals surface area contributed by atoms with Crippen molar-refractivity contribution in [3.05, 3.63) is 57.1 Å². The van der Waals surface area contributed by atoms with E-state index in [9.17, 15) is 27.7 Å². The Hall–Kier alpha value is -2.06. The molecular formula is C15H9ClF4N3NaO3. The first-order chi connectivity index (χ1) is 12.2. The normalized spacial score (nSPS) is 10.7. The molecule has 27 heavy (non-hydrogen) atoms. The van der Waals surface area contributed by atoms with E-state index in [1.807, 2.05) is 0 Å². The summed E-state index contributed by atoms with van der Waals surface area (Å²) in [4.78, 5) is 10.4. The van der Waals surface area contributed by atoms with E-state index < -0.39 is 33.9 Å². The van der Waals surface area contributed by atoms with Gasteiger partial charge in [0, 0.05) is 0 Å². The number of para-hydroxylation sites is 2. The molecule has 0 radical (unpaired) electrons. The van der Waals surface area contributed by atoms with Crippen LogP contribution < -0.4 is 10.1 Å². The van der Waals surface area contributed by atoms with E-state index in [0.717, 1.165) is 12.1 Å². The molecule has 138 valence electrons. The van der Waals surface area contributed by atoms with Crippen molar-refractivity contribution >= 4 is 58.2 Å². The number of alkyl halides is 4. The molecule has 0 saturated heterocycles. The van der Waals surface area contributed by atoms with Crippen molar-refractivity contribution in [2.24, 2.45) is 0 Å². The fraction of sp³-hybridized carbons (Fsp3) is 0.133. The maximum atomic E-state index is 13.2. The monoisotopic (exact) mass is 413 g/mol.